The molecule has 1 unspecified atom stereocenters. The Kier molecular flexibility index (Phi) is 8.20. The van der Waals surface area contributed by atoms with Gasteiger partial charge in [0, 0.05) is 12.8 Å². The summed E-state index contributed by atoms with van der Waals surface area (Å²) in [5.74, 6) is -0.424. The van der Waals surface area contributed by atoms with Gasteiger partial charge < -0.3 is 29.5 Å². The van der Waals surface area contributed by atoms with Gasteiger partial charge in [0.15, 0.2) is 0 Å². The van der Waals surface area contributed by atoms with Crippen molar-refractivity contribution in [1.82, 2.24) is 4.90 Å². The normalized spacial score (nSPS) is 25.4. The summed E-state index contributed by atoms with van der Waals surface area (Å²) in [6.45, 7) is 0. The van der Waals surface area contributed by atoms with Crippen LogP contribution in [-0.4, -0.2) is 75.4 Å². The van der Waals surface area contributed by atoms with Gasteiger partial charge in [0.05, 0.1) is 24.3 Å². The quantitative estimate of drug-likeness (QED) is 0.252. The van der Waals surface area contributed by atoms with Crippen molar-refractivity contribution < 1.29 is 39.1 Å². The first-order chi connectivity index (χ1) is 21.3. The van der Waals surface area contributed by atoms with E-state index in [9.17, 15) is 24.9 Å². The van der Waals surface area contributed by atoms with Gasteiger partial charge in [0.1, 0.15) is 35.3 Å². The van der Waals surface area contributed by atoms with Crippen LogP contribution in [0.4, 0.5) is 0 Å². The van der Waals surface area contributed by atoms with Crippen molar-refractivity contribution >= 4 is 11.8 Å². The van der Waals surface area contributed by atoms with Gasteiger partial charge in [-0.15, -0.1) is 0 Å². The first-order valence-electron chi connectivity index (χ1n) is 14.4. The molecule has 226 valence electrons. The first-order valence-corrected chi connectivity index (χ1v) is 14.4. The Morgan fingerprint density at radius 1 is 0.795 bits per heavy atom. The molecule has 2 aliphatic rings. The lowest BCUT2D eigenvalue weighted by atomic mass is 9.75. The Balaban J connectivity index is 1.45. The van der Waals surface area contributed by atoms with Crippen molar-refractivity contribution in [3.8, 4) is 11.5 Å². The van der Waals surface area contributed by atoms with Gasteiger partial charge in [-0.05, 0) is 47.5 Å². The van der Waals surface area contributed by atoms with E-state index in [0.717, 1.165) is 10.5 Å². The summed E-state index contributed by atoms with van der Waals surface area (Å²) in [5.41, 5.74) is -0.437. The maximum absolute atomic E-state index is 13.8. The topological polar surface area (TPSA) is 126 Å². The summed E-state index contributed by atoms with van der Waals surface area (Å²) in [6.07, 6.45) is -5.90. The zero-order valence-electron chi connectivity index (χ0n) is 24.0. The Morgan fingerprint density at radius 3 is 1.89 bits per heavy atom. The van der Waals surface area contributed by atoms with E-state index in [0.29, 0.717) is 17.1 Å². The number of aliphatic hydroxyl groups is 3. The zero-order valence-corrected chi connectivity index (χ0v) is 24.0. The lowest BCUT2D eigenvalue weighted by Gasteiger charge is -2.53. The molecule has 0 saturated carbocycles. The smallest absolute Gasteiger partial charge is 0.262 e. The minimum atomic E-state index is -2.20. The minimum absolute atomic E-state index is 0.108. The van der Waals surface area contributed by atoms with Gasteiger partial charge in [0.2, 0.25) is 6.29 Å². The van der Waals surface area contributed by atoms with Gasteiger partial charge in [-0.3, -0.25) is 14.5 Å². The van der Waals surface area contributed by atoms with Gasteiger partial charge in [0.25, 0.3) is 11.8 Å². The number of amides is 2. The molecule has 2 amide bonds. The number of carbonyl (C=O) groups excluding carboxylic acids is 2. The molecule has 0 radical (unpaired) electrons. The summed E-state index contributed by atoms with van der Waals surface area (Å²) in [6, 6.07) is 29.6. The second-order valence-electron chi connectivity index (χ2n) is 11.1. The number of rotatable bonds is 9. The molecule has 0 aromatic heterocycles. The lowest BCUT2D eigenvalue weighted by Crippen LogP contribution is -2.75. The van der Waals surface area contributed by atoms with Crippen molar-refractivity contribution in [3.63, 3.8) is 0 Å². The second kappa shape index (κ2) is 12.2. The highest BCUT2D eigenvalue weighted by Crippen LogP contribution is 2.41. The molecule has 4 aromatic rings. The molecule has 0 bridgehead atoms. The number of benzene rings is 4. The molecule has 6 atom stereocenters. The average molecular weight is 596 g/mol. The fourth-order valence-corrected chi connectivity index (χ4v) is 6.09. The van der Waals surface area contributed by atoms with Gasteiger partial charge in [-0.25, -0.2) is 0 Å². The lowest BCUT2D eigenvalue weighted by molar-refractivity contribution is -0.299. The number of imide groups is 1. The maximum atomic E-state index is 13.8. The largest absolute Gasteiger partial charge is 0.497 e. The Bertz CT molecular complexity index is 1580. The van der Waals surface area contributed by atoms with Crippen molar-refractivity contribution in [2.24, 2.45) is 0 Å². The molecule has 44 heavy (non-hydrogen) atoms. The average Bonchev–Trinajstić information content (AvgIpc) is 3.29. The highest BCUT2D eigenvalue weighted by molar-refractivity contribution is 6.21. The minimum Gasteiger partial charge on any atom is -0.497 e. The molecular formula is C35H33NO8. The summed E-state index contributed by atoms with van der Waals surface area (Å²) in [5, 5.41) is 36.0. The van der Waals surface area contributed by atoms with Gasteiger partial charge in [-0.2, -0.15) is 0 Å². The van der Waals surface area contributed by atoms with E-state index in [4.69, 9.17) is 14.2 Å². The van der Waals surface area contributed by atoms with Crippen LogP contribution in [0.1, 0.15) is 31.8 Å². The number of methoxy groups -OCH3 is 1. The van der Waals surface area contributed by atoms with Crippen LogP contribution in [-0.2, 0) is 17.6 Å². The summed E-state index contributed by atoms with van der Waals surface area (Å²) < 4.78 is 17.8. The summed E-state index contributed by atoms with van der Waals surface area (Å²) >= 11 is 0. The SMILES string of the molecule is COc1ccc(O[C@H]2O[C@H](C(O)Cc3ccccc3)[C@@H](O)[C@@](O)(Cc3ccccc3)[C@@H]2N2C(=O)c3ccccc3C2=O)cc1. The van der Waals surface area contributed by atoms with Crippen molar-refractivity contribution in [1.29, 1.82) is 0 Å². The molecule has 2 aliphatic heterocycles. The van der Waals surface area contributed by atoms with E-state index in [2.05, 4.69) is 0 Å². The number of hydrogen-bond acceptors (Lipinski definition) is 8. The van der Waals surface area contributed by atoms with Crippen molar-refractivity contribution in [3.05, 3.63) is 131 Å². The number of aliphatic hydroxyl groups excluding tert-OH is 2. The fraction of sp³-hybridized carbons (Fsp3) is 0.257. The fourth-order valence-electron chi connectivity index (χ4n) is 6.09. The number of ether oxygens (including phenoxy) is 3. The van der Waals surface area contributed by atoms with Crippen LogP contribution in [0.3, 0.4) is 0 Å². The third-order valence-corrected chi connectivity index (χ3v) is 8.30. The van der Waals surface area contributed by atoms with Crippen LogP contribution >= 0.6 is 0 Å². The van der Waals surface area contributed by atoms with E-state index < -0.39 is 48.1 Å². The van der Waals surface area contributed by atoms with Crippen LogP contribution in [0.2, 0.25) is 0 Å². The molecule has 9 nitrogen and oxygen atoms in total. The van der Waals surface area contributed by atoms with Crippen molar-refractivity contribution in [2.75, 3.05) is 7.11 Å². The van der Waals surface area contributed by atoms with E-state index in [1.54, 1.807) is 60.7 Å². The highest BCUT2D eigenvalue weighted by atomic mass is 16.7. The van der Waals surface area contributed by atoms with Gasteiger partial charge >= 0.3 is 0 Å². The molecule has 3 N–H and O–H groups in total. The third-order valence-electron chi connectivity index (χ3n) is 8.30. The maximum Gasteiger partial charge on any atom is 0.262 e. The number of carbonyl (C=O) groups is 2. The highest BCUT2D eigenvalue weighted by Gasteiger charge is 2.63. The summed E-state index contributed by atoms with van der Waals surface area (Å²) in [7, 11) is 1.53. The summed E-state index contributed by atoms with van der Waals surface area (Å²) in [4.78, 5) is 28.6. The van der Waals surface area contributed by atoms with Crippen LogP contribution in [0.15, 0.2) is 109 Å². The monoisotopic (exact) mass is 595 g/mol. The Hall–Kier alpha value is -4.54. The first kappa shape index (κ1) is 29.5. The zero-order chi connectivity index (χ0) is 30.8. The van der Waals surface area contributed by atoms with Crippen LogP contribution < -0.4 is 9.47 Å². The number of fused-ring (bicyclic) bond motifs is 1. The molecule has 1 fully saturated rings. The molecule has 2 heterocycles. The standard InChI is InChI=1S/C35H33NO8/c1-42-24-16-18-25(19-17-24)43-34-30(36-32(39)26-14-8-9-15-27(26)33(36)40)35(41,21-23-12-6-3-7-13-23)31(38)29(44-34)28(37)20-22-10-4-2-5-11-22/h2-19,28-31,34,37-38,41H,20-21H2,1H3/t28?,29-,30-,31-,34+,35-/m1/s1. The molecule has 1 saturated heterocycles. The van der Waals surface area contributed by atoms with E-state index >= 15 is 0 Å². The van der Waals surface area contributed by atoms with Gasteiger partial charge in [-0.1, -0.05) is 72.8 Å². The third kappa shape index (κ3) is 5.46. The van der Waals surface area contributed by atoms with Crippen LogP contribution in [0, 0.1) is 0 Å². The van der Waals surface area contributed by atoms with E-state index in [1.165, 1.54) is 19.2 Å². The molecule has 0 aliphatic carbocycles. The van der Waals surface area contributed by atoms with E-state index in [1.807, 2.05) is 36.4 Å². The predicted molar refractivity (Wildman–Crippen MR) is 160 cm³/mol. The molecule has 4 aromatic carbocycles. The Morgan fingerprint density at radius 2 is 1.32 bits per heavy atom. The number of nitrogens with zero attached hydrogens (tertiary/aromatic N) is 1. The number of hydrogen-bond donors (Lipinski definition) is 3. The molecule has 9 heteroatoms. The molecule has 0 spiro atoms. The Labute approximate surface area is 254 Å². The molecule has 6 rings (SSSR count). The second-order valence-corrected chi connectivity index (χ2v) is 11.1. The van der Waals surface area contributed by atoms with E-state index in [-0.39, 0.29) is 24.0 Å². The van der Waals surface area contributed by atoms with Crippen LogP contribution in [0.5, 0.6) is 11.5 Å². The van der Waals surface area contributed by atoms with Crippen LogP contribution in [0.25, 0.3) is 0 Å². The predicted octanol–water partition coefficient (Wildman–Crippen LogP) is 3.40. The van der Waals surface area contributed by atoms with Crippen molar-refractivity contribution in [2.45, 2.75) is 49.1 Å². The molecular weight excluding hydrogens is 562 g/mol.